The van der Waals surface area contributed by atoms with Crippen LogP contribution in [0.5, 0.6) is 11.6 Å². The first-order valence-corrected chi connectivity index (χ1v) is 7.78. The van der Waals surface area contributed by atoms with Gasteiger partial charge in [0.05, 0.1) is 12.2 Å². The fourth-order valence-electron chi connectivity index (χ4n) is 1.83. The number of esters is 1. The van der Waals surface area contributed by atoms with Crippen molar-refractivity contribution in [3.63, 3.8) is 0 Å². The number of nitrogens with zero attached hydrogens (tertiary/aromatic N) is 1. The summed E-state index contributed by atoms with van der Waals surface area (Å²) >= 11 is 0. The van der Waals surface area contributed by atoms with E-state index in [9.17, 15) is 4.79 Å². The molecule has 0 atom stereocenters. The van der Waals surface area contributed by atoms with Crippen molar-refractivity contribution in [3.8, 4) is 11.6 Å². The summed E-state index contributed by atoms with van der Waals surface area (Å²) in [5.74, 6) is 0.840. The van der Waals surface area contributed by atoms with Crippen LogP contribution in [0, 0.1) is 0 Å². The third kappa shape index (κ3) is 5.71. The Hall–Kier alpha value is -2.40. The van der Waals surface area contributed by atoms with E-state index in [0.29, 0.717) is 30.3 Å². The average molecular weight is 316 g/mol. The Kier molecular flexibility index (Phi) is 8.39. The van der Waals surface area contributed by atoms with E-state index < -0.39 is 0 Å². The molecule has 124 valence electrons. The van der Waals surface area contributed by atoms with Crippen LogP contribution in [0.4, 0.5) is 0 Å². The molecule has 0 unspecified atom stereocenters. The van der Waals surface area contributed by atoms with Crippen LogP contribution >= 0.6 is 0 Å². The molecule has 0 aliphatic carbocycles. The van der Waals surface area contributed by atoms with Crippen molar-refractivity contribution >= 4 is 5.97 Å². The normalized spacial score (nSPS) is 9.57. The molecule has 1 aromatic heterocycles. The monoisotopic (exact) mass is 316 g/mol. The second-order valence-corrected chi connectivity index (χ2v) is 4.34. The molecule has 2 rings (SSSR count). The number of rotatable bonds is 6. The number of nitrogens with one attached hydrogen (secondary N) is 1. The van der Waals surface area contributed by atoms with Gasteiger partial charge in [0.2, 0.25) is 5.88 Å². The van der Waals surface area contributed by atoms with Crippen molar-refractivity contribution in [1.82, 2.24) is 10.3 Å². The summed E-state index contributed by atoms with van der Waals surface area (Å²) in [4.78, 5) is 15.8. The molecule has 1 heterocycles. The third-order valence-electron chi connectivity index (χ3n) is 2.80. The zero-order valence-electron chi connectivity index (χ0n) is 14.1. The maximum absolute atomic E-state index is 11.6. The lowest BCUT2D eigenvalue weighted by atomic mass is 10.2. The molecule has 0 saturated heterocycles. The van der Waals surface area contributed by atoms with Crippen molar-refractivity contribution in [3.05, 3.63) is 53.7 Å². The van der Waals surface area contributed by atoms with Gasteiger partial charge in [-0.3, -0.25) is 0 Å². The minimum absolute atomic E-state index is 0.335. The lowest BCUT2D eigenvalue weighted by molar-refractivity contribution is 0.0526. The molecule has 0 radical (unpaired) electrons. The first-order valence-electron chi connectivity index (χ1n) is 7.78. The van der Waals surface area contributed by atoms with Gasteiger partial charge < -0.3 is 14.8 Å². The lowest BCUT2D eigenvalue weighted by Crippen LogP contribution is -2.07. The summed E-state index contributed by atoms with van der Waals surface area (Å²) in [7, 11) is 1.87. The fourth-order valence-corrected chi connectivity index (χ4v) is 1.83. The number of benzene rings is 1. The molecule has 5 heteroatoms. The second-order valence-electron chi connectivity index (χ2n) is 4.34. The van der Waals surface area contributed by atoms with Gasteiger partial charge in [-0.15, -0.1) is 0 Å². The number of carbonyl (C=O) groups is 1. The van der Waals surface area contributed by atoms with Gasteiger partial charge in [0.15, 0.2) is 0 Å². The average Bonchev–Trinajstić information content (AvgIpc) is 2.59. The van der Waals surface area contributed by atoms with E-state index in [4.69, 9.17) is 9.47 Å². The molecule has 0 spiro atoms. The van der Waals surface area contributed by atoms with E-state index in [1.165, 1.54) is 0 Å². The van der Waals surface area contributed by atoms with Crippen LogP contribution < -0.4 is 10.1 Å². The van der Waals surface area contributed by atoms with Gasteiger partial charge in [-0.05, 0) is 44.3 Å². The van der Waals surface area contributed by atoms with Crippen molar-refractivity contribution < 1.29 is 14.3 Å². The van der Waals surface area contributed by atoms with Crippen LogP contribution in [-0.2, 0) is 11.3 Å². The topological polar surface area (TPSA) is 60.5 Å². The van der Waals surface area contributed by atoms with E-state index in [1.807, 2.05) is 33.0 Å². The van der Waals surface area contributed by atoms with Crippen molar-refractivity contribution in [2.24, 2.45) is 0 Å². The maximum Gasteiger partial charge on any atom is 0.338 e. The predicted molar refractivity (Wildman–Crippen MR) is 90.8 cm³/mol. The van der Waals surface area contributed by atoms with E-state index >= 15 is 0 Å². The van der Waals surface area contributed by atoms with Crippen LogP contribution in [-0.4, -0.2) is 24.6 Å². The standard InChI is InChI=1S/C16H18N2O3.C2H6/c1-3-20-16(19)12-6-8-14(9-7-12)21-15-13(11-17-2)5-4-10-18-15;1-2/h4-10,17H,3,11H2,1-2H3;1-2H3. The SMILES string of the molecule is CC.CCOC(=O)c1ccc(Oc2ncccc2CNC)cc1. The van der Waals surface area contributed by atoms with Crippen LogP contribution in [0.1, 0.15) is 36.7 Å². The summed E-state index contributed by atoms with van der Waals surface area (Å²) in [6.07, 6.45) is 1.68. The molecule has 23 heavy (non-hydrogen) atoms. The minimum Gasteiger partial charge on any atom is -0.462 e. The molecule has 1 N–H and O–H groups in total. The number of carbonyl (C=O) groups excluding carboxylic acids is 1. The highest BCUT2D eigenvalue weighted by Crippen LogP contribution is 2.23. The lowest BCUT2D eigenvalue weighted by Gasteiger charge is -2.09. The Morgan fingerprint density at radius 3 is 2.48 bits per heavy atom. The van der Waals surface area contributed by atoms with Gasteiger partial charge in [-0.2, -0.15) is 0 Å². The number of ether oxygens (including phenoxy) is 2. The Bertz CT molecular complexity index is 597. The summed E-state index contributed by atoms with van der Waals surface area (Å²) in [6.45, 7) is 6.81. The van der Waals surface area contributed by atoms with Crippen molar-refractivity contribution in [1.29, 1.82) is 0 Å². The van der Waals surface area contributed by atoms with Crippen molar-refractivity contribution in [2.45, 2.75) is 27.3 Å². The van der Waals surface area contributed by atoms with Crippen molar-refractivity contribution in [2.75, 3.05) is 13.7 Å². The number of aromatic nitrogens is 1. The summed E-state index contributed by atoms with van der Waals surface area (Å²) in [5.41, 5.74) is 1.47. The Morgan fingerprint density at radius 2 is 1.87 bits per heavy atom. The Balaban J connectivity index is 0.00000127. The fraction of sp³-hybridized carbons (Fsp3) is 0.333. The molecule has 0 saturated carbocycles. The highest BCUT2D eigenvalue weighted by atomic mass is 16.5. The van der Waals surface area contributed by atoms with Crippen LogP contribution in [0.25, 0.3) is 0 Å². The van der Waals surface area contributed by atoms with Gasteiger partial charge in [0.25, 0.3) is 0 Å². The molecule has 0 amide bonds. The van der Waals surface area contributed by atoms with Gasteiger partial charge in [0.1, 0.15) is 5.75 Å². The highest BCUT2D eigenvalue weighted by molar-refractivity contribution is 5.89. The van der Waals surface area contributed by atoms with Gasteiger partial charge in [-0.1, -0.05) is 19.9 Å². The minimum atomic E-state index is -0.335. The largest absolute Gasteiger partial charge is 0.462 e. The van der Waals surface area contributed by atoms with E-state index in [-0.39, 0.29) is 5.97 Å². The maximum atomic E-state index is 11.6. The predicted octanol–water partition coefficient (Wildman–Crippen LogP) is 3.80. The molecule has 5 nitrogen and oxygen atoms in total. The Labute approximate surface area is 137 Å². The van der Waals surface area contributed by atoms with Gasteiger partial charge in [-0.25, -0.2) is 9.78 Å². The second kappa shape index (κ2) is 10.3. The number of hydrogen-bond donors (Lipinski definition) is 1. The van der Waals surface area contributed by atoms with Crippen LogP contribution in [0.2, 0.25) is 0 Å². The summed E-state index contributed by atoms with van der Waals surface area (Å²) < 4.78 is 10.7. The molecule has 0 aliphatic rings. The third-order valence-corrected chi connectivity index (χ3v) is 2.80. The molecule has 1 aromatic carbocycles. The smallest absolute Gasteiger partial charge is 0.338 e. The van der Waals surface area contributed by atoms with E-state index in [0.717, 1.165) is 5.56 Å². The molecule has 0 bridgehead atoms. The van der Waals surface area contributed by atoms with Gasteiger partial charge >= 0.3 is 5.97 Å². The summed E-state index contributed by atoms with van der Waals surface area (Å²) in [5, 5.41) is 3.07. The van der Waals surface area contributed by atoms with E-state index in [2.05, 4.69) is 10.3 Å². The van der Waals surface area contributed by atoms with Gasteiger partial charge in [0, 0.05) is 18.3 Å². The Morgan fingerprint density at radius 1 is 1.17 bits per heavy atom. The molecule has 0 fully saturated rings. The molecule has 0 aliphatic heterocycles. The quantitative estimate of drug-likeness (QED) is 0.821. The first kappa shape index (κ1) is 18.6. The molecular formula is C18H24N2O3. The zero-order chi connectivity index (χ0) is 17.1. The summed E-state index contributed by atoms with van der Waals surface area (Å²) in [6, 6.07) is 10.6. The number of hydrogen-bond acceptors (Lipinski definition) is 5. The molecule has 2 aromatic rings. The molecular weight excluding hydrogens is 292 g/mol. The number of pyridine rings is 1. The zero-order valence-corrected chi connectivity index (χ0v) is 14.1. The van der Waals surface area contributed by atoms with Crippen LogP contribution in [0.15, 0.2) is 42.6 Å². The van der Waals surface area contributed by atoms with E-state index in [1.54, 1.807) is 37.4 Å². The highest BCUT2D eigenvalue weighted by Gasteiger charge is 2.08. The first-order chi connectivity index (χ1) is 11.2. The van der Waals surface area contributed by atoms with Crippen LogP contribution in [0.3, 0.4) is 0 Å².